The van der Waals surface area contributed by atoms with E-state index in [9.17, 15) is 32.7 Å². The van der Waals surface area contributed by atoms with Gasteiger partial charge in [0.05, 0.1) is 16.3 Å². The van der Waals surface area contributed by atoms with Crippen molar-refractivity contribution in [1.82, 2.24) is 29.0 Å². The molecule has 2 N–H and O–H groups in total. The average Bonchev–Trinajstić information content (AvgIpc) is 3.54. The predicted molar refractivity (Wildman–Crippen MR) is 170 cm³/mol. The van der Waals surface area contributed by atoms with Crippen molar-refractivity contribution in [2.45, 2.75) is 33.0 Å². The summed E-state index contributed by atoms with van der Waals surface area (Å²) >= 11 is 5.97. The number of amides is 2. The number of aromatic nitrogens is 5. The van der Waals surface area contributed by atoms with Crippen molar-refractivity contribution in [2.75, 3.05) is 49.6 Å². The zero-order chi connectivity index (χ0) is 35.0. The van der Waals surface area contributed by atoms with Gasteiger partial charge in [0.15, 0.2) is 11.4 Å². The summed E-state index contributed by atoms with van der Waals surface area (Å²) in [4.78, 5) is 52.5. The molecule has 5 heterocycles. The number of halogens is 4. The van der Waals surface area contributed by atoms with Crippen LogP contribution in [0.1, 0.15) is 40.1 Å². The van der Waals surface area contributed by atoms with Crippen LogP contribution in [-0.2, 0) is 33.4 Å². The maximum absolute atomic E-state index is 14.1. The van der Waals surface area contributed by atoms with Gasteiger partial charge in [-0.25, -0.2) is 4.98 Å². The number of piperazine rings is 1. The summed E-state index contributed by atoms with van der Waals surface area (Å²) < 4.78 is 53.2. The van der Waals surface area contributed by atoms with Crippen LogP contribution in [0.5, 0.6) is 5.75 Å². The molecule has 2 aliphatic rings. The molecule has 0 spiro atoms. The number of rotatable bonds is 7. The van der Waals surface area contributed by atoms with Crippen LogP contribution in [-0.4, -0.2) is 85.4 Å². The molecule has 2 aliphatic heterocycles. The lowest BCUT2D eigenvalue weighted by atomic mass is 10.1. The highest BCUT2D eigenvalue weighted by Gasteiger charge is 2.32. The highest BCUT2D eigenvalue weighted by atomic mass is 35.5. The number of hydrogen-bond donors (Lipinski definition) is 2. The third-order valence-electron chi connectivity index (χ3n) is 8.12. The van der Waals surface area contributed by atoms with Crippen LogP contribution in [0.2, 0.25) is 5.02 Å². The zero-order valence-corrected chi connectivity index (χ0v) is 27.0. The number of nitrogens with one attached hydrogen (secondary N) is 1. The molecule has 0 aliphatic carbocycles. The van der Waals surface area contributed by atoms with E-state index in [0.29, 0.717) is 12.3 Å². The molecule has 2 amide bonds. The number of carbonyl (C=O) groups is 2. The van der Waals surface area contributed by atoms with Gasteiger partial charge in [0.2, 0.25) is 23.3 Å². The molecular weight excluding hydrogens is 673 g/mol. The lowest BCUT2D eigenvalue weighted by Crippen LogP contribution is -2.51. The van der Waals surface area contributed by atoms with E-state index in [1.165, 1.54) is 41.0 Å². The largest absolute Gasteiger partial charge is 0.504 e. The first-order valence-corrected chi connectivity index (χ1v) is 15.6. The van der Waals surface area contributed by atoms with E-state index in [1.807, 2.05) is 0 Å². The summed E-state index contributed by atoms with van der Waals surface area (Å²) in [7, 11) is 0. The van der Waals surface area contributed by atoms with Gasteiger partial charge in [0.1, 0.15) is 31.7 Å². The van der Waals surface area contributed by atoms with E-state index in [-0.39, 0.29) is 90.8 Å². The van der Waals surface area contributed by atoms with Gasteiger partial charge in [-0.3, -0.25) is 14.4 Å². The average molecular weight is 703 g/mol. The number of alkyl halides is 3. The van der Waals surface area contributed by atoms with Crippen molar-refractivity contribution >= 4 is 46.3 Å². The summed E-state index contributed by atoms with van der Waals surface area (Å²) in [5.41, 5.74) is -0.475. The number of carbonyl (C=O) groups excluding carboxylic acids is 2. The van der Waals surface area contributed by atoms with E-state index in [0.717, 1.165) is 16.6 Å². The van der Waals surface area contributed by atoms with Gasteiger partial charge in [-0.05, 0) is 43.2 Å². The number of aromatic hydroxyl groups is 1. The van der Waals surface area contributed by atoms with E-state index >= 15 is 0 Å². The van der Waals surface area contributed by atoms with Gasteiger partial charge in [-0.1, -0.05) is 18.5 Å². The predicted octanol–water partition coefficient (Wildman–Crippen LogP) is 3.48. The number of fused-ring (bicyclic) bond motifs is 1. The lowest BCUT2D eigenvalue weighted by molar-refractivity contribution is -0.137. The SMILES string of the molecule is CCc1c(N2CCN(C(=O)c3nccc(Cl)c3O)CC2)c(=O)n2nc(C3=COCCO3)nc2n1CC(=O)Nc1ccc(C(F)(F)F)cc1C. The van der Waals surface area contributed by atoms with Crippen LogP contribution >= 0.6 is 11.6 Å². The van der Waals surface area contributed by atoms with Crippen LogP contribution in [0.15, 0.2) is 41.5 Å². The first-order chi connectivity index (χ1) is 23.4. The topological polar surface area (TPSA) is 156 Å². The summed E-state index contributed by atoms with van der Waals surface area (Å²) in [5.74, 6) is -1.26. The zero-order valence-electron chi connectivity index (χ0n) is 26.3. The molecular formula is C31H30ClF3N8O6. The fourth-order valence-electron chi connectivity index (χ4n) is 5.70. The molecule has 258 valence electrons. The molecule has 0 radical (unpaired) electrons. The summed E-state index contributed by atoms with van der Waals surface area (Å²) in [6.07, 6.45) is -1.62. The van der Waals surface area contributed by atoms with Gasteiger partial charge in [0, 0.05) is 38.1 Å². The fraction of sp³-hybridized carbons (Fsp3) is 0.355. The molecule has 6 rings (SSSR count). The minimum absolute atomic E-state index is 0.0101. The van der Waals surface area contributed by atoms with Gasteiger partial charge in [-0.2, -0.15) is 22.7 Å². The molecule has 0 saturated carbocycles. The molecule has 0 atom stereocenters. The quantitative estimate of drug-likeness (QED) is 0.292. The highest BCUT2D eigenvalue weighted by molar-refractivity contribution is 6.32. The Morgan fingerprint density at radius 1 is 1.12 bits per heavy atom. The first-order valence-electron chi connectivity index (χ1n) is 15.2. The molecule has 14 nitrogen and oxygen atoms in total. The molecule has 18 heteroatoms. The van der Waals surface area contributed by atoms with Gasteiger partial charge in [-0.15, -0.1) is 5.10 Å². The Bertz CT molecular complexity index is 2040. The summed E-state index contributed by atoms with van der Waals surface area (Å²) in [6, 6.07) is 4.38. The van der Waals surface area contributed by atoms with Gasteiger partial charge in [0.25, 0.3) is 11.5 Å². The maximum atomic E-state index is 14.1. The van der Waals surface area contributed by atoms with Gasteiger partial charge < -0.3 is 34.3 Å². The van der Waals surface area contributed by atoms with Crippen molar-refractivity contribution in [1.29, 1.82) is 0 Å². The molecule has 49 heavy (non-hydrogen) atoms. The van der Waals surface area contributed by atoms with Crippen LogP contribution in [0.3, 0.4) is 0 Å². The minimum Gasteiger partial charge on any atom is -0.504 e. The Labute approximate surface area is 281 Å². The van der Waals surface area contributed by atoms with Crippen LogP contribution in [0.25, 0.3) is 11.5 Å². The third-order valence-corrected chi connectivity index (χ3v) is 8.43. The molecule has 4 aromatic rings. The Hall–Kier alpha value is -5.32. The Morgan fingerprint density at radius 2 is 1.88 bits per heavy atom. The molecule has 1 aromatic carbocycles. The van der Waals surface area contributed by atoms with E-state index < -0.39 is 34.9 Å². The van der Waals surface area contributed by atoms with Crippen LogP contribution in [0, 0.1) is 6.92 Å². The number of anilines is 2. The maximum Gasteiger partial charge on any atom is 0.416 e. The van der Waals surface area contributed by atoms with Crippen molar-refractivity contribution in [3.63, 3.8) is 0 Å². The number of aryl methyl sites for hydroxylation is 1. The molecule has 1 fully saturated rings. The Kier molecular flexibility index (Phi) is 9.11. The second-order valence-corrected chi connectivity index (χ2v) is 11.6. The van der Waals surface area contributed by atoms with E-state index in [4.69, 9.17) is 21.1 Å². The van der Waals surface area contributed by atoms with Gasteiger partial charge >= 0.3 is 6.18 Å². The standard InChI is InChI=1S/C31H30ClF3N8O6/c1-3-21-25(40-8-10-41(11-9-40)28(46)24-26(45)19(32)6-7-36-24)29(47)43-30(38-27(39-43)22-16-48-12-13-49-22)42(21)15-23(44)37-20-5-4-18(14-17(20)2)31(33,34)35/h4-7,14,16,45H,3,8-13,15H2,1-2H3,(H,37,44). The fourth-order valence-corrected chi connectivity index (χ4v) is 5.85. The lowest BCUT2D eigenvalue weighted by Gasteiger charge is -2.36. The van der Waals surface area contributed by atoms with Crippen molar-refractivity contribution in [3.05, 3.63) is 80.4 Å². The van der Waals surface area contributed by atoms with Crippen LogP contribution in [0.4, 0.5) is 24.5 Å². The minimum atomic E-state index is -4.54. The monoisotopic (exact) mass is 702 g/mol. The van der Waals surface area contributed by atoms with Crippen molar-refractivity contribution in [2.24, 2.45) is 0 Å². The van der Waals surface area contributed by atoms with E-state index in [1.54, 1.807) is 11.8 Å². The Balaban J connectivity index is 1.35. The third kappa shape index (κ3) is 6.57. The van der Waals surface area contributed by atoms with E-state index in [2.05, 4.69) is 20.4 Å². The summed E-state index contributed by atoms with van der Waals surface area (Å²) in [5, 5.41) is 17.3. The first kappa shape index (κ1) is 33.6. The number of nitrogens with zero attached hydrogens (tertiary/aromatic N) is 7. The van der Waals surface area contributed by atoms with Crippen LogP contribution < -0.4 is 15.8 Å². The number of benzene rings is 1. The second-order valence-electron chi connectivity index (χ2n) is 11.2. The number of pyridine rings is 1. The molecule has 0 unspecified atom stereocenters. The molecule has 0 bridgehead atoms. The van der Waals surface area contributed by atoms with Crippen molar-refractivity contribution < 1.29 is 37.3 Å². The number of ether oxygens (including phenoxy) is 2. The molecule has 3 aromatic heterocycles. The molecule has 1 saturated heterocycles. The highest BCUT2D eigenvalue weighted by Crippen LogP contribution is 2.32. The van der Waals surface area contributed by atoms with Crippen molar-refractivity contribution in [3.8, 4) is 5.75 Å². The number of hydrogen-bond acceptors (Lipinski definition) is 10. The second kappa shape index (κ2) is 13.3. The Morgan fingerprint density at radius 3 is 2.53 bits per heavy atom. The summed E-state index contributed by atoms with van der Waals surface area (Å²) in [6.45, 7) is 4.19. The normalized spacial score (nSPS) is 15.1. The smallest absolute Gasteiger partial charge is 0.416 e.